The Hall–Kier alpha value is -1.26. The normalized spacial score (nSPS) is 25.2. The molecule has 5 heteroatoms. The van der Waals surface area contributed by atoms with Crippen molar-refractivity contribution in [1.82, 2.24) is 10.2 Å². The number of urea groups is 1. The maximum Gasteiger partial charge on any atom is 0.317 e. The van der Waals surface area contributed by atoms with Crippen molar-refractivity contribution >= 4 is 12.0 Å². The molecular formula is C14H26N2O3. The molecule has 3 atom stereocenters. The van der Waals surface area contributed by atoms with Crippen LogP contribution in [0.15, 0.2) is 0 Å². The van der Waals surface area contributed by atoms with Crippen LogP contribution in [0.1, 0.15) is 47.0 Å². The second kappa shape index (κ2) is 6.78. The van der Waals surface area contributed by atoms with Gasteiger partial charge in [0.2, 0.25) is 0 Å². The number of likely N-dealkylation sites (tertiary alicyclic amines) is 1. The van der Waals surface area contributed by atoms with E-state index in [2.05, 4.69) is 19.2 Å². The van der Waals surface area contributed by atoms with Gasteiger partial charge in [0.1, 0.15) is 0 Å². The van der Waals surface area contributed by atoms with Crippen LogP contribution in [0.3, 0.4) is 0 Å². The molecule has 0 saturated carbocycles. The number of piperidine rings is 1. The molecule has 0 aliphatic carbocycles. The van der Waals surface area contributed by atoms with E-state index in [9.17, 15) is 9.59 Å². The minimum absolute atomic E-state index is 0.0266. The van der Waals surface area contributed by atoms with E-state index < -0.39 is 5.97 Å². The number of carbonyl (C=O) groups excluding carboxylic acids is 1. The summed E-state index contributed by atoms with van der Waals surface area (Å²) in [6, 6.07) is -0.222. The Kier molecular flexibility index (Phi) is 5.63. The van der Waals surface area contributed by atoms with Gasteiger partial charge in [-0.2, -0.15) is 0 Å². The van der Waals surface area contributed by atoms with E-state index in [4.69, 9.17) is 5.11 Å². The molecule has 0 aromatic rings. The number of carbonyl (C=O) groups is 2. The van der Waals surface area contributed by atoms with Crippen molar-refractivity contribution in [3.8, 4) is 0 Å². The lowest BCUT2D eigenvalue weighted by Crippen LogP contribution is -2.53. The van der Waals surface area contributed by atoms with Crippen LogP contribution in [0, 0.1) is 11.8 Å². The molecule has 1 aliphatic rings. The fourth-order valence-corrected chi connectivity index (χ4v) is 2.51. The van der Waals surface area contributed by atoms with Gasteiger partial charge in [0.05, 0.1) is 6.42 Å². The number of nitrogens with zero attached hydrogens (tertiary/aromatic N) is 1. The average Bonchev–Trinajstić information content (AvgIpc) is 2.31. The summed E-state index contributed by atoms with van der Waals surface area (Å²) in [5.41, 5.74) is 0. The highest BCUT2D eigenvalue weighted by atomic mass is 16.4. The van der Waals surface area contributed by atoms with Gasteiger partial charge in [0.15, 0.2) is 0 Å². The number of rotatable bonds is 4. The van der Waals surface area contributed by atoms with Crippen LogP contribution < -0.4 is 5.32 Å². The Labute approximate surface area is 115 Å². The Balaban J connectivity index is 2.63. The lowest BCUT2D eigenvalue weighted by atomic mass is 9.92. The summed E-state index contributed by atoms with van der Waals surface area (Å²) in [5.74, 6) is -0.270. The fourth-order valence-electron chi connectivity index (χ4n) is 2.51. The molecule has 19 heavy (non-hydrogen) atoms. The van der Waals surface area contributed by atoms with Gasteiger partial charge in [0, 0.05) is 18.6 Å². The lowest BCUT2D eigenvalue weighted by Gasteiger charge is -2.39. The standard InChI is InChI=1S/C14H26N2O3/c1-9(2)12(8-13(17)18)15-14(19)16-7-5-6-10(3)11(16)4/h9-12H,5-8H2,1-4H3,(H,15,19)(H,17,18). The van der Waals surface area contributed by atoms with Crippen molar-refractivity contribution in [2.45, 2.75) is 59.0 Å². The highest BCUT2D eigenvalue weighted by Gasteiger charge is 2.30. The van der Waals surface area contributed by atoms with E-state index >= 15 is 0 Å². The van der Waals surface area contributed by atoms with Crippen molar-refractivity contribution in [3.05, 3.63) is 0 Å². The van der Waals surface area contributed by atoms with Gasteiger partial charge in [-0.3, -0.25) is 4.79 Å². The smallest absolute Gasteiger partial charge is 0.317 e. The average molecular weight is 270 g/mol. The zero-order valence-electron chi connectivity index (χ0n) is 12.3. The zero-order chi connectivity index (χ0) is 14.6. The van der Waals surface area contributed by atoms with Crippen LogP contribution in [0.5, 0.6) is 0 Å². The van der Waals surface area contributed by atoms with E-state index in [0.717, 1.165) is 19.4 Å². The molecule has 0 spiro atoms. The molecule has 2 N–H and O–H groups in total. The third-order valence-corrected chi connectivity index (χ3v) is 4.14. The quantitative estimate of drug-likeness (QED) is 0.823. The number of hydrogen-bond donors (Lipinski definition) is 2. The first-order valence-electron chi connectivity index (χ1n) is 7.11. The van der Waals surface area contributed by atoms with E-state index in [1.807, 2.05) is 18.7 Å². The van der Waals surface area contributed by atoms with Gasteiger partial charge in [-0.25, -0.2) is 4.79 Å². The molecule has 1 saturated heterocycles. The Bertz CT molecular complexity index is 331. The van der Waals surface area contributed by atoms with E-state index in [1.54, 1.807) is 0 Å². The van der Waals surface area contributed by atoms with Crippen molar-refractivity contribution in [2.75, 3.05) is 6.54 Å². The number of carboxylic acids is 1. The lowest BCUT2D eigenvalue weighted by molar-refractivity contribution is -0.137. The summed E-state index contributed by atoms with van der Waals surface area (Å²) in [6.45, 7) is 8.83. The fraction of sp³-hybridized carbons (Fsp3) is 0.857. The molecule has 1 heterocycles. The summed E-state index contributed by atoms with van der Waals surface area (Å²) in [6.07, 6.45) is 2.14. The molecule has 0 radical (unpaired) electrons. The van der Waals surface area contributed by atoms with Crippen LogP contribution in [-0.4, -0.2) is 40.6 Å². The van der Waals surface area contributed by atoms with Crippen molar-refractivity contribution < 1.29 is 14.7 Å². The van der Waals surface area contributed by atoms with Gasteiger partial charge in [0.25, 0.3) is 0 Å². The third kappa shape index (κ3) is 4.40. The first kappa shape index (κ1) is 15.8. The van der Waals surface area contributed by atoms with Crippen LogP contribution in [-0.2, 0) is 4.79 Å². The van der Waals surface area contributed by atoms with E-state index in [1.165, 1.54) is 0 Å². The zero-order valence-corrected chi connectivity index (χ0v) is 12.3. The maximum absolute atomic E-state index is 12.3. The first-order valence-corrected chi connectivity index (χ1v) is 7.11. The largest absolute Gasteiger partial charge is 0.481 e. The SMILES string of the molecule is CC(C)C(CC(=O)O)NC(=O)N1CCCC(C)C1C. The monoisotopic (exact) mass is 270 g/mol. The summed E-state index contributed by atoms with van der Waals surface area (Å²) < 4.78 is 0. The minimum atomic E-state index is -0.876. The van der Waals surface area contributed by atoms with Crippen LogP contribution in [0.2, 0.25) is 0 Å². The highest BCUT2D eigenvalue weighted by molar-refractivity contribution is 5.76. The second-order valence-electron chi connectivity index (χ2n) is 5.95. The summed E-state index contributed by atoms with van der Waals surface area (Å²) >= 11 is 0. The molecule has 2 amide bonds. The summed E-state index contributed by atoms with van der Waals surface area (Å²) in [7, 11) is 0. The van der Waals surface area contributed by atoms with Crippen molar-refractivity contribution in [2.24, 2.45) is 11.8 Å². The second-order valence-corrected chi connectivity index (χ2v) is 5.95. The molecule has 110 valence electrons. The Morgan fingerprint density at radius 1 is 1.37 bits per heavy atom. The van der Waals surface area contributed by atoms with E-state index in [-0.39, 0.29) is 30.5 Å². The number of hydrogen-bond acceptors (Lipinski definition) is 2. The van der Waals surface area contributed by atoms with Gasteiger partial charge in [-0.15, -0.1) is 0 Å². The predicted molar refractivity (Wildman–Crippen MR) is 74.0 cm³/mol. The molecule has 1 fully saturated rings. The Morgan fingerprint density at radius 2 is 2.00 bits per heavy atom. The maximum atomic E-state index is 12.3. The Morgan fingerprint density at radius 3 is 2.53 bits per heavy atom. The summed E-state index contributed by atoms with van der Waals surface area (Å²) in [5, 5.41) is 11.8. The van der Waals surface area contributed by atoms with Crippen LogP contribution in [0.25, 0.3) is 0 Å². The van der Waals surface area contributed by atoms with Crippen LogP contribution >= 0.6 is 0 Å². The minimum Gasteiger partial charge on any atom is -0.481 e. The number of aliphatic carboxylic acids is 1. The molecule has 5 nitrogen and oxygen atoms in total. The molecule has 1 aliphatic heterocycles. The van der Waals surface area contributed by atoms with Crippen LogP contribution in [0.4, 0.5) is 4.79 Å². The molecule has 0 aromatic heterocycles. The van der Waals surface area contributed by atoms with Crippen molar-refractivity contribution in [1.29, 1.82) is 0 Å². The number of nitrogens with one attached hydrogen (secondary N) is 1. The number of carboxylic acid groups (broad SMARTS) is 1. The first-order chi connectivity index (χ1) is 8.82. The molecular weight excluding hydrogens is 244 g/mol. The highest BCUT2D eigenvalue weighted by Crippen LogP contribution is 2.23. The number of amides is 2. The van der Waals surface area contributed by atoms with Gasteiger partial charge < -0.3 is 15.3 Å². The topological polar surface area (TPSA) is 69.6 Å². The predicted octanol–water partition coefficient (Wildman–Crippen LogP) is 2.32. The molecule has 3 unspecified atom stereocenters. The molecule has 0 bridgehead atoms. The van der Waals surface area contributed by atoms with Gasteiger partial charge in [-0.1, -0.05) is 20.8 Å². The third-order valence-electron chi connectivity index (χ3n) is 4.14. The van der Waals surface area contributed by atoms with Gasteiger partial charge >= 0.3 is 12.0 Å². The van der Waals surface area contributed by atoms with E-state index in [0.29, 0.717) is 5.92 Å². The van der Waals surface area contributed by atoms with Crippen molar-refractivity contribution in [3.63, 3.8) is 0 Å². The molecule has 0 aromatic carbocycles. The molecule has 1 rings (SSSR count). The summed E-state index contributed by atoms with van der Waals surface area (Å²) in [4.78, 5) is 24.9. The van der Waals surface area contributed by atoms with Gasteiger partial charge in [-0.05, 0) is 31.6 Å².